The van der Waals surface area contributed by atoms with Gasteiger partial charge < -0.3 is 5.32 Å². The summed E-state index contributed by atoms with van der Waals surface area (Å²) in [6.07, 6.45) is 2.04. The lowest BCUT2D eigenvalue weighted by Gasteiger charge is -2.33. The highest BCUT2D eigenvalue weighted by atomic mass is 35.5. The van der Waals surface area contributed by atoms with E-state index in [0.717, 1.165) is 19.4 Å². The molecule has 2 fully saturated rings. The van der Waals surface area contributed by atoms with Crippen LogP contribution in [-0.4, -0.2) is 38.4 Å². The maximum atomic E-state index is 12.4. The van der Waals surface area contributed by atoms with E-state index >= 15 is 0 Å². The summed E-state index contributed by atoms with van der Waals surface area (Å²) >= 11 is 1.30. The van der Waals surface area contributed by atoms with Crippen molar-refractivity contribution in [1.82, 2.24) is 9.62 Å². The van der Waals surface area contributed by atoms with E-state index in [0.29, 0.717) is 29.3 Å². The zero-order valence-corrected chi connectivity index (χ0v) is 12.4. The molecule has 0 aromatic carbocycles. The van der Waals surface area contributed by atoms with Gasteiger partial charge in [-0.25, -0.2) is 8.42 Å². The first-order valence-electron chi connectivity index (χ1n) is 5.95. The molecule has 18 heavy (non-hydrogen) atoms. The van der Waals surface area contributed by atoms with Gasteiger partial charge in [0, 0.05) is 19.1 Å². The summed E-state index contributed by atoms with van der Waals surface area (Å²) in [6.45, 7) is 2.36. The van der Waals surface area contributed by atoms with Gasteiger partial charge in [0.25, 0.3) is 10.0 Å². The Kier molecular flexibility index (Phi) is 4.33. The molecule has 0 radical (unpaired) electrons. The number of nitrogens with zero attached hydrogens (tertiary/aromatic N) is 1. The van der Waals surface area contributed by atoms with E-state index in [9.17, 15) is 8.42 Å². The number of halogens is 1. The van der Waals surface area contributed by atoms with Crippen LogP contribution < -0.4 is 5.32 Å². The molecule has 2 unspecified atom stereocenters. The van der Waals surface area contributed by atoms with E-state index in [2.05, 4.69) is 5.32 Å². The zero-order chi connectivity index (χ0) is 11.9. The number of fused-ring (bicyclic) bond motifs is 1. The van der Waals surface area contributed by atoms with Crippen molar-refractivity contribution in [3.63, 3.8) is 0 Å². The van der Waals surface area contributed by atoms with E-state index < -0.39 is 10.0 Å². The maximum absolute atomic E-state index is 12.4. The fourth-order valence-corrected chi connectivity index (χ4v) is 5.43. The molecule has 7 heteroatoms. The molecule has 1 aromatic heterocycles. The summed E-state index contributed by atoms with van der Waals surface area (Å²) in [5, 5.41) is 5.26. The lowest BCUT2D eigenvalue weighted by atomic mass is 9.95. The minimum atomic E-state index is -3.23. The van der Waals surface area contributed by atoms with Gasteiger partial charge in [-0.1, -0.05) is 6.07 Å². The standard InChI is InChI=1S/C11H16N2O2S2.ClH/c14-17(15,11-2-1-7-16-11)13-6-4-10-9(8-13)3-5-12-10;/h1-2,7,9-10,12H,3-6,8H2;1H. The number of piperidine rings is 1. The van der Waals surface area contributed by atoms with Gasteiger partial charge in [-0.3, -0.25) is 0 Å². The van der Waals surface area contributed by atoms with Crippen LogP contribution in [-0.2, 0) is 10.0 Å². The molecule has 2 aliphatic rings. The van der Waals surface area contributed by atoms with Crippen molar-refractivity contribution in [2.24, 2.45) is 5.92 Å². The van der Waals surface area contributed by atoms with Crippen LogP contribution in [0, 0.1) is 5.92 Å². The minimum Gasteiger partial charge on any atom is -0.314 e. The first-order chi connectivity index (χ1) is 8.18. The van der Waals surface area contributed by atoms with Crippen molar-refractivity contribution in [3.05, 3.63) is 17.5 Å². The Morgan fingerprint density at radius 3 is 2.94 bits per heavy atom. The highest BCUT2D eigenvalue weighted by Gasteiger charge is 2.37. The van der Waals surface area contributed by atoms with Crippen molar-refractivity contribution in [1.29, 1.82) is 0 Å². The van der Waals surface area contributed by atoms with Crippen molar-refractivity contribution in [2.75, 3.05) is 19.6 Å². The highest BCUT2D eigenvalue weighted by molar-refractivity contribution is 7.91. The quantitative estimate of drug-likeness (QED) is 0.901. The average Bonchev–Trinajstić information content (AvgIpc) is 2.99. The second-order valence-corrected chi connectivity index (χ2v) is 7.81. The van der Waals surface area contributed by atoms with Gasteiger partial charge >= 0.3 is 0 Å². The number of hydrogen-bond donors (Lipinski definition) is 1. The number of rotatable bonds is 2. The molecule has 3 rings (SSSR count). The fraction of sp³-hybridized carbons (Fsp3) is 0.636. The SMILES string of the molecule is Cl.O=S(=O)(c1cccs1)N1CCC2NCCC2C1. The van der Waals surface area contributed by atoms with Gasteiger partial charge in [0.1, 0.15) is 4.21 Å². The molecule has 0 aliphatic carbocycles. The summed E-state index contributed by atoms with van der Waals surface area (Å²) < 4.78 is 26.8. The smallest absolute Gasteiger partial charge is 0.252 e. The second kappa shape index (κ2) is 5.46. The van der Waals surface area contributed by atoms with Crippen LogP contribution in [0.2, 0.25) is 0 Å². The van der Waals surface area contributed by atoms with Crippen LogP contribution in [0.25, 0.3) is 0 Å². The second-order valence-electron chi connectivity index (χ2n) is 4.69. The summed E-state index contributed by atoms with van der Waals surface area (Å²) in [7, 11) is -3.23. The third kappa shape index (κ3) is 2.44. The van der Waals surface area contributed by atoms with E-state index in [1.54, 1.807) is 16.4 Å². The molecule has 102 valence electrons. The minimum absolute atomic E-state index is 0. The van der Waals surface area contributed by atoms with E-state index in [-0.39, 0.29) is 12.4 Å². The summed E-state index contributed by atoms with van der Waals surface area (Å²) in [4.78, 5) is 0. The summed E-state index contributed by atoms with van der Waals surface area (Å²) in [5.74, 6) is 0.499. The van der Waals surface area contributed by atoms with Gasteiger partial charge in [-0.2, -0.15) is 4.31 Å². The Balaban J connectivity index is 0.00000120. The van der Waals surface area contributed by atoms with E-state index in [1.165, 1.54) is 11.3 Å². The zero-order valence-electron chi connectivity index (χ0n) is 9.91. The highest BCUT2D eigenvalue weighted by Crippen LogP contribution is 2.29. The Labute approximate surface area is 118 Å². The van der Waals surface area contributed by atoms with Gasteiger partial charge in [0.05, 0.1) is 0 Å². The molecule has 0 saturated carbocycles. The van der Waals surface area contributed by atoms with Gasteiger partial charge in [0.15, 0.2) is 0 Å². The van der Waals surface area contributed by atoms with E-state index in [4.69, 9.17) is 0 Å². The Morgan fingerprint density at radius 2 is 2.22 bits per heavy atom. The first kappa shape index (κ1) is 14.3. The maximum Gasteiger partial charge on any atom is 0.252 e. The monoisotopic (exact) mass is 308 g/mol. The number of sulfonamides is 1. The fourth-order valence-electron chi connectivity index (χ4n) is 2.77. The Bertz CT molecular complexity index is 489. The lowest BCUT2D eigenvalue weighted by Crippen LogP contribution is -2.46. The Morgan fingerprint density at radius 1 is 1.39 bits per heavy atom. The molecule has 3 heterocycles. The molecule has 0 amide bonds. The van der Waals surface area contributed by atoms with Gasteiger partial charge in [-0.15, -0.1) is 23.7 Å². The lowest BCUT2D eigenvalue weighted by molar-refractivity contribution is 0.247. The largest absolute Gasteiger partial charge is 0.314 e. The number of thiophene rings is 1. The topological polar surface area (TPSA) is 49.4 Å². The van der Waals surface area contributed by atoms with E-state index in [1.807, 2.05) is 5.38 Å². The molecule has 0 bridgehead atoms. The average molecular weight is 309 g/mol. The van der Waals surface area contributed by atoms with Crippen LogP contribution in [0.15, 0.2) is 21.7 Å². The number of nitrogens with one attached hydrogen (secondary N) is 1. The van der Waals surface area contributed by atoms with Crippen LogP contribution >= 0.6 is 23.7 Å². The van der Waals surface area contributed by atoms with Crippen LogP contribution in [0.5, 0.6) is 0 Å². The van der Waals surface area contributed by atoms with Crippen molar-refractivity contribution in [3.8, 4) is 0 Å². The molecular formula is C11H17ClN2O2S2. The first-order valence-corrected chi connectivity index (χ1v) is 8.27. The molecule has 1 aromatic rings. The molecule has 2 aliphatic heterocycles. The third-order valence-electron chi connectivity index (χ3n) is 3.71. The molecule has 2 saturated heterocycles. The molecule has 4 nitrogen and oxygen atoms in total. The molecule has 1 N–H and O–H groups in total. The van der Waals surface area contributed by atoms with Crippen molar-refractivity contribution in [2.45, 2.75) is 23.1 Å². The Hall–Kier alpha value is -0.140. The van der Waals surface area contributed by atoms with Crippen molar-refractivity contribution >= 4 is 33.8 Å². The third-order valence-corrected chi connectivity index (χ3v) is 6.95. The van der Waals surface area contributed by atoms with Crippen molar-refractivity contribution < 1.29 is 8.42 Å². The summed E-state index contributed by atoms with van der Waals surface area (Å²) in [5.41, 5.74) is 0. The van der Waals surface area contributed by atoms with Gasteiger partial charge in [-0.05, 0) is 36.8 Å². The van der Waals surface area contributed by atoms with Gasteiger partial charge in [0.2, 0.25) is 0 Å². The predicted molar refractivity (Wildman–Crippen MR) is 74.8 cm³/mol. The normalized spacial score (nSPS) is 28.7. The summed E-state index contributed by atoms with van der Waals surface area (Å²) in [6, 6.07) is 4.02. The van der Waals surface area contributed by atoms with Crippen LogP contribution in [0.4, 0.5) is 0 Å². The molecule has 0 spiro atoms. The van der Waals surface area contributed by atoms with Crippen LogP contribution in [0.1, 0.15) is 12.8 Å². The number of hydrogen-bond acceptors (Lipinski definition) is 4. The van der Waals surface area contributed by atoms with Crippen LogP contribution in [0.3, 0.4) is 0 Å². The predicted octanol–water partition coefficient (Wildman–Crippen LogP) is 1.54. The molecule has 2 atom stereocenters. The molecular weight excluding hydrogens is 292 g/mol.